The Morgan fingerprint density at radius 3 is 2.09 bits per heavy atom. The SMILES string of the molecule is CS(=O)(=O)N(CC(=O)N(Cc1ccc(Cl)c(Cl)c1)[C@@H](Cc1ccccc1)C(=O)NC1CCCCC1)c1cc(Cl)c(Cl)cc1Cl. The Kier molecular flexibility index (Phi) is 12.1. The zero-order valence-corrected chi connectivity index (χ0v) is 28.5. The molecule has 1 atom stereocenters. The highest BCUT2D eigenvalue weighted by Crippen LogP contribution is 2.36. The van der Waals surface area contributed by atoms with E-state index in [1.165, 1.54) is 17.0 Å². The van der Waals surface area contributed by atoms with Crippen LogP contribution in [-0.4, -0.2) is 50.0 Å². The lowest BCUT2D eigenvalue weighted by atomic mass is 9.94. The highest BCUT2D eigenvalue weighted by molar-refractivity contribution is 7.92. The predicted octanol–water partition coefficient (Wildman–Crippen LogP) is 7.81. The van der Waals surface area contributed by atoms with Crippen LogP contribution in [0.1, 0.15) is 43.2 Å². The summed E-state index contributed by atoms with van der Waals surface area (Å²) >= 11 is 31.1. The Morgan fingerprint density at radius 1 is 0.818 bits per heavy atom. The quantitative estimate of drug-likeness (QED) is 0.205. The van der Waals surface area contributed by atoms with Gasteiger partial charge in [0.15, 0.2) is 0 Å². The summed E-state index contributed by atoms with van der Waals surface area (Å²) in [5, 5.41) is 3.95. The van der Waals surface area contributed by atoms with Gasteiger partial charge in [0.25, 0.3) is 0 Å². The molecule has 0 bridgehead atoms. The van der Waals surface area contributed by atoms with Gasteiger partial charge < -0.3 is 10.2 Å². The van der Waals surface area contributed by atoms with Gasteiger partial charge in [-0.05, 0) is 48.2 Å². The van der Waals surface area contributed by atoms with E-state index >= 15 is 0 Å². The lowest BCUT2D eigenvalue weighted by molar-refractivity contribution is -0.140. The molecule has 44 heavy (non-hydrogen) atoms. The van der Waals surface area contributed by atoms with Gasteiger partial charge in [-0.25, -0.2) is 8.42 Å². The first-order valence-corrected chi connectivity index (χ1v) is 17.8. The molecule has 1 N–H and O–H groups in total. The summed E-state index contributed by atoms with van der Waals surface area (Å²) in [5.74, 6) is -0.962. The first kappa shape index (κ1) is 34.7. The van der Waals surface area contributed by atoms with Gasteiger partial charge >= 0.3 is 0 Å². The number of sulfonamides is 1. The maximum absolute atomic E-state index is 14.3. The molecule has 1 aliphatic carbocycles. The standard InChI is InChI=1S/C31H32Cl5N3O4S/c1-44(42,43)39(28-17-26(35)25(34)16-27(28)36)19-30(40)38(18-21-12-13-23(32)24(33)14-21)29(15-20-8-4-2-5-9-20)31(41)37-22-10-6-3-7-11-22/h2,4-5,8-9,12-14,16-17,22,29H,3,6-7,10-11,15,18-19H2,1H3,(H,37,41)/t29-/m0/s1. The maximum atomic E-state index is 14.3. The van der Waals surface area contributed by atoms with Crippen molar-refractivity contribution in [2.24, 2.45) is 0 Å². The van der Waals surface area contributed by atoms with Crippen LogP contribution in [0.15, 0.2) is 60.7 Å². The third kappa shape index (κ3) is 9.18. The first-order valence-electron chi connectivity index (χ1n) is 14.0. The van der Waals surface area contributed by atoms with E-state index < -0.39 is 28.5 Å². The van der Waals surface area contributed by atoms with Gasteiger partial charge in [0.1, 0.15) is 12.6 Å². The summed E-state index contributed by atoms with van der Waals surface area (Å²) in [6.07, 6.45) is 5.98. The number of nitrogens with zero attached hydrogens (tertiary/aromatic N) is 2. The second-order valence-electron chi connectivity index (χ2n) is 10.8. The summed E-state index contributed by atoms with van der Waals surface area (Å²) < 4.78 is 27.0. The second kappa shape index (κ2) is 15.4. The number of anilines is 1. The Bertz CT molecular complexity index is 1600. The normalized spacial score (nSPS) is 14.6. The summed E-state index contributed by atoms with van der Waals surface area (Å²) in [4.78, 5) is 29.7. The summed E-state index contributed by atoms with van der Waals surface area (Å²) in [5.41, 5.74) is 1.42. The zero-order valence-electron chi connectivity index (χ0n) is 23.9. The van der Waals surface area contributed by atoms with E-state index in [2.05, 4.69) is 5.32 Å². The predicted molar refractivity (Wildman–Crippen MR) is 180 cm³/mol. The Balaban J connectivity index is 1.77. The van der Waals surface area contributed by atoms with Crippen LogP contribution in [0.25, 0.3) is 0 Å². The van der Waals surface area contributed by atoms with Crippen LogP contribution >= 0.6 is 58.0 Å². The van der Waals surface area contributed by atoms with Gasteiger partial charge in [-0.15, -0.1) is 0 Å². The first-order chi connectivity index (χ1) is 20.8. The fourth-order valence-electron chi connectivity index (χ4n) is 5.23. The topological polar surface area (TPSA) is 86.8 Å². The lowest BCUT2D eigenvalue weighted by Crippen LogP contribution is -2.55. The van der Waals surface area contributed by atoms with Crippen molar-refractivity contribution in [3.8, 4) is 0 Å². The molecule has 0 radical (unpaired) electrons. The van der Waals surface area contributed by atoms with Gasteiger partial charge in [-0.2, -0.15) is 0 Å². The number of hydrogen-bond donors (Lipinski definition) is 1. The molecule has 2 amide bonds. The summed E-state index contributed by atoms with van der Waals surface area (Å²) in [6.45, 7) is -0.697. The molecule has 0 unspecified atom stereocenters. The minimum absolute atomic E-state index is 0.00969. The molecule has 1 aliphatic rings. The molecular weight excluding hydrogens is 688 g/mol. The number of rotatable bonds is 11. The van der Waals surface area contributed by atoms with Gasteiger partial charge in [0, 0.05) is 19.0 Å². The van der Waals surface area contributed by atoms with Crippen molar-refractivity contribution in [1.29, 1.82) is 0 Å². The highest BCUT2D eigenvalue weighted by Gasteiger charge is 2.34. The molecule has 7 nitrogen and oxygen atoms in total. The van der Waals surface area contributed by atoms with Crippen molar-refractivity contribution < 1.29 is 18.0 Å². The monoisotopic (exact) mass is 717 g/mol. The van der Waals surface area contributed by atoms with Gasteiger partial charge in [0.2, 0.25) is 21.8 Å². The molecule has 0 aromatic heterocycles. The number of benzene rings is 3. The van der Waals surface area contributed by atoms with E-state index in [4.69, 9.17) is 58.0 Å². The van der Waals surface area contributed by atoms with Crippen LogP contribution in [-0.2, 0) is 32.6 Å². The van der Waals surface area contributed by atoms with Gasteiger partial charge in [-0.3, -0.25) is 13.9 Å². The largest absolute Gasteiger partial charge is 0.352 e. The smallest absolute Gasteiger partial charge is 0.244 e. The molecule has 4 rings (SSSR count). The fraction of sp³-hybridized carbons (Fsp3) is 0.355. The average Bonchev–Trinajstić information content (AvgIpc) is 2.98. The van der Waals surface area contributed by atoms with Crippen molar-refractivity contribution in [1.82, 2.24) is 10.2 Å². The highest BCUT2D eigenvalue weighted by atomic mass is 35.5. The number of hydrogen-bond acceptors (Lipinski definition) is 4. The van der Waals surface area contributed by atoms with Gasteiger partial charge in [-0.1, -0.05) is 114 Å². The number of halogens is 5. The van der Waals surface area contributed by atoms with Crippen LogP contribution in [0.3, 0.4) is 0 Å². The third-order valence-electron chi connectivity index (χ3n) is 7.50. The summed E-state index contributed by atoms with van der Waals surface area (Å²) in [6, 6.07) is 15.9. The molecule has 0 heterocycles. The zero-order chi connectivity index (χ0) is 32.0. The minimum atomic E-state index is -4.05. The Morgan fingerprint density at radius 2 is 1.45 bits per heavy atom. The molecule has 0 spiro atoms. The number of carbonyl (C=O) groups excluding carboxylic acids is 2. The van der Waals surface area contributed by atoms with Crippen LogP contribution in [0.4, 0.5) is 5.69 Å². The van der Waals surface area contributed by atoms with E-state index in [9.17, 15) is 18.0 Å². The molecule has 236 valence electrons. The maximum Gasteiger partial charge on any atom is 0.244 e. The molecule has 3 aromatic carbocycles. The van der Waals surface area contributed by atoms with E-state index in [1.54, 1.807) is 18.2 Å². The van der Waals surface area contributed by atoms with Crippen molar-refractivity contribution >= 4 is 85.5 Å². The molecule has 1 saturated carbocycles. The lowest BCUT2D eigenvalue weighted by Gasteiger charge is -2.35. The van der Waals surface area contributed by atoms with E-state index in [0.29, 0.717) is 10.6 Å². The van der Waals surface area contributed by atoms with E-state index in [0.717, 1.165) is 48.2 Å². The van der Waals surface area contributed by atoms with Crippen LogP contribution in [0.2, 0.25) is 25.1 Å². The molecule has 3 aromatic rings. The van der Waals surface area contributed by atoms with Crippen LogP contribution < -0.4 is 9.62 Å². The summed E-state index contributed by atoms with van der Waals surface area (Å²) in [7, 11) is -4.05. The number of amides is 2. The molecule has 0 saturated heterocycles. The van der Waals surface area contributed by atoms with Gasteiger partial charge in [0.05, 0.1) is 37.1 Å². The van der Waals surface area contributed by atoms with Crippen LogP contribution in [0, 0.1) is 0 Å². The average molecular weight is 720 g/mol. The minimum Gasteiger partial charge on any atom is -0.352 e. The van der Waals surface area contributed by atoms with E-state index in [1.807, 2.05) is 30.3 Å². The van der Waals surface area contributed by atoms with Crippen molar-refractivity contribution in [2.45, 2.75) is 57.2 Å². The molecular formula is C31H32Cl5N3O4S. The molecule has 1 fully saturated rings. The van der Waals surface area contributed by atoms with E-state index in [-0.39, 0.29) is 50.7 Å². The Labute approximate surface area is 283 Å². The van der Waals surface area contributed by atoms with Crippen molar-refractivity contribution in [3.63, 3.8) is 0 Å². The second-order valence-corrected chi connectivity index (χ2v) is 14.7. The fourth-order valence-corrected chi connectivity index (χ4v) is 7.10. The molecule has 13 heteroatoms. The number of nitrogens with one attached hydrogen (secondary N) is 1. The van der Waals surface area contributed by atoms with Crippen molar-refractivity contribution in [3.05, 3.63) is 96.9 Å². The van der Waals surface area contributed by atoms with Crippen LogP contribution in [0.5, 0.6) is 0 Å². The third-order valence-corrected chi connectivity index (χ3v) is 10.4. The Hall–Kier alpha value is -2.20. The number of carbonyl (C=O) groups is 2. The van der Waals surface area contributed by atoms with Crippen molar-refractivity contribution in [2.75, 3.05) is 17.1 Å². The molecule has 0 aliphatic heterocycles.